The standard InChI is InChI=1S/C24H20N2O2/c1-2-17-8-10-18(11-9-17)16-28-20-12-13-21(23(27)14-20)24-22(15-25-26-24)19-6-4-3-5-7-19/h2-15,27H,1,16H2,(H,25,26). The highest BCUT2D eigenvalue weighted by atomic mass is 16.5. The monoisotopic (exact) mass is 368 g/mol. The fourth-order valence-electron chi connectivity index (χ4n) is 3.06. The van der Waals surface area contributed by atoms with Crippen molar-refractivity contribution in [1.29, 1.82) is 0 Å². The molecule has 0 radical (unpaired) electrons. The third-order valence-electron chi connectivity index (χ3n) is 4.58. The lowest BCUT2D eigenvalue weighted by Crippen LogP contribution is -1.95. The fraction of sp³-hybridized carbons (Fsp3) is 0.0417. The summed E-state index contributed by atoms with van der Waals surface area (Å²) < 4.78 is 5.82. The van der Waals surface area contributed by atoms with Crippen LogP contribution in [0.2, 0.25) is 0 Å². The number of benzene rings is 3. The minimum absolute atomic E-state index is 0.140. The zero-order valence-electron chi connectivity index (χ0n) is 15.3. The smallest absolute Gasteiger partial charge is 0.128 e. The van der Waals surface area contributed by atoms with Gasteiger partial charge in [-0.2, -0.15) is 5.10 Å². The maximum atomic E-state index is 10.6. The van der Waals surface area contributed by atoms with Gasteiger partial charge in [0.2, 0.25) is 0 Å². The lowest BCUT2D eigenvalue weighted by atomic mass is 10.0. The molecule has 0 atom stereocenters. The molecule has 4 nitrogen and oxygen atoms in total. The summed E-state index contributed by atoms with van der Waals surface area (Å²) in [5, 5.41) is 17.7. The molecular formula is C24H20N2O2. The first-order valence-electron chi connectivity index (χ1n) is 9.01. The molecule has 28 heavy (non-hydrogen) atoms. The average molecular weight is 368 g/mol. The van der Waals surface area contributed by atoms with Crippen molar-refractivity contribution in [3.8, 4) is 33.9 Å². The van der Waals surface area contributed by atoms with E-state index in [-0.39, 0.29) is 5.75 Å². The van der Waals surface area contributed by atoms with Crippen LogP contribution in [-0.2, 0) is 6.61 Å². The van der Waals surface area contributed by atoms with Crippen molar-refractivity contribution < 1.29 is 9.84 Å². The molecule has 4 aromatic rings. The number of phenolic OH excluding ortho intramolecular Hbond substituents is 1. The number of aromatic nitrogens is 2. The Bertz CT molecular complexity index is 1080. The molecule has 2 N–H and O–H groups in total. The quantitative estimate of drug-likeness (QED) is 0.461. The normalized spacial score (nSPS) is 10.6. The molecule has 4 heteroatoms. The Labute approximate surface area is 163 Å². The van der Waals surface area contributed by atoms with Gasteiger partial charge in [0.05, 0.1) is 11.9 Å². The number of rotatable bonds is 6. The summed E-state index contributed by atoms with van der Waals surface area (Å²) in [6, 6.07) is 23.3. The number of phenols is 1. The molecule has 0 saturated heterocycles. The number of aromatic hydroxyl groups is 1. The predicted molar refractivity (Wildman–Crippen MR) is 112 cm³/mol. The van der Waals surface area contributed by atoms with E-state index in [9.17, 15) is 5.11 Å². The van der Waals surface area contributed by atoms with Crippen molar-refractivity contribution in [2.45, 2.75) is 6.61 Å². The highest BCUT2D eigenvalue weighted by Crippen LogP contribution is 2.37. The Balaban J connectivity index is 1.54. The second-order valence-electron chi connectivity index (χ2n) is 6.44. The summed E-state index contributed by atoms with van der Waals surface area (Å²) in [5.74, 6) is 0.746. The van der Waals surface area contributed by atoms with Gasteiger partial charge in [0.15, 0.2) is 0 Å². The van der Waals surface area contributed by atoms with Crippen molar-refractivity contribution in [3.63, 3.8) is 0 Å². The molecule has 138 valence electrons. The molecule has 0 amide bonds. The third-order valence-corrected chi connectivity index (χ3v) is 4.58. The zero-order valence-corrected chi connectivity index (χ0v) is 15.3. The molecule has 0 aliphatic carbocycles. The molecule has 0 bridgehead atoms. The summed E-state index contributed by atoms with van der Waals surface area (Å²) >= 11 is 0. The van der Waals surface area contributed by atoms with E-state index in [1.54, 1.807) is 18.3 Å². The van der Waals surface area contributed by atoms with Crippen molar-refractivity contribution in [2.24, 2.45) is 0 Å². The second-order valence-corrected chi connectivity index (χ2v) is 6.44. The summed E-state index contributed by atoms with van der Waals surface area (Å²) in [4.78, 5) is 0. The number of aromatic amines is 1. The topological polar surface area (TPSA) is 58.1 Å². The Morgan fingerprint density at radius 3 is 2.46 bits per heavy atom. The van der Waals surface area contributed by atoms with E-state index in [0.29, 0.717) is 17.9 Å². The van der Waals surface area contributed by atoms with Gasteiger partial charge in [-0.25, -0.2) is 0 Å². The van der Waals surface area contributed by atoms with E-state index in [1.165, 1.54) is 0 Å². The molecule has 0 saturated carbocycles. The maximum absolute atomic E-state index is 10.6. The molecule has 0 aliphatic heterocycles. The predicted octanol–water partition coefficient (Wildman–Crippen LogP) is 5.67. The molecule has 0 spiro atoms. The number of nitrogens with one attached hydrogen (secondary N) is 1. The van der Waals surface area contributed by atoms with E-state index < -0.39 is 0 Å². The maximum Gasteiger partial charge on any atom is 0.128 e. The van der Waals surface area contributed by atoms with Crippen LogP contribution >= 0.6 is 0 Å². The van der Waals surface area contributed by atoms with Crippen LogP contribution in [0.25, 0.3) is 28.5 Å². The van der Waals surface area contributed by atoms with E-state index in [0.717, 1.165) is 27.9 Å². The van der Waals surface area contributed by atoms with Gasteiger partial charge in [-0.15, -0.1) is 0 Å². The van der Waals surface area contributed by atoms with Crippen molar-refractivity contribution >= 4 is 6.08 Å². The minimum atomic E-state index is 0.140. The largest absolute Gasteiger partial charge is 0.507 e. The van der Waals surface area contributed by atoms with Gasteiger partial charge in [0.25, 0.3) is 0 Å². The number of hydrogen-bond acceptors (Lipinski definition) is 3. The van der Waals surface area contributed by atoms with Gasteiger partial charge < -0.3 is 9.84 Å². The molecule has 4 rings (SSSR count). The van der Waals surface area contributed by atoms with Gasteiger partial charge in [-0.05, 0) is 28.8 Å². The Morgan fingerprint density at radius 1 is 0.964 bits per heavy atom. The fourth-order valence-corrected chi connectivity index (χ4v) is 3.06. The van der Waals surface area contributed by atoms with Crippen LogP contribution in [0.1, 0.15) is 11.1 Å². The van der Waals surface area contributed by atoms with Crippen molar-refractivity contribution in [3.05, 3.63) is 96.7 Å². The van der Waals surface area contributed by atoms with Gasteiger partial charge in [-0.3, -0.25) is 5.10 Å². The van der Waals surface area contributed by atoms with E-state index in [2.05, 4.69) is 16.8 Å². The lowest BCUT2D eigenvalue weighted by molar-refractivity contribution is 0.304. The van der Waals surface area contributed by atoms with E-state index in [4.69, 9.17) is 4.74 Å². The van der Waals surface area contributed by atoms with Crippen LogP contribution in [0.15, 0.2) is 85.6 Å². The lowest BCUT2D eigenvalue weighted by Gasteiger charge is -2.10. The van der Waals surface area contributed by atoms with Crippen LogP contribution in [0.3, 0.4) is 0 Å². The number of H-pyrrole nitrogens is 1. The van der Waals surface area contributed by atoms with E-state index >= 15 is 0 Å². The third kappa shape index (κ3) is 3.67. The van der Waals surface area contributed by atoms with Gasteiger partial charge in [-0.1, -0.05) is 67.3 Å². The van der Waals surface area contributed by atoms with Crippen LogP contribution < -0.4 is 4.74 Å². The summed E-state index contributed by atoms with van der Waals surface area (Å²) in [6.45, 7) is 4.18. The summed E-state index contributed by atoms with van der Waals surface area (Å²) in [6.07, 6.45) is 3.57. The zero-order chi connectivity index (χ0) is 19.3. The highest BCUT2D eigenvalue weighted by molar-refractivity contribution is 5.83. The Morgan fingerprint density at radius 2 is 1.75 bits per heavy atom. The van der Waals surface area contributed by atoms with Gasteiger partial charge in [0, 0.05) is 17.2 Å². The SMILES string of the molecule is C=Cc1ccc(COc2ccc(-c3[nH]ncc3-c3ccccc3)c(O)c2)cc1. The summed E-state index contributed by atoms with van der Waals surface area (Å²) in [5.41, 5.74) is 5.55. The molecule has 1 heterocycles. The first kappa shape index (κ1) is 17.6. The number of nitrogens with zero attached hydrogens (tertiary/aromatic N) is 1. The van der Waals surface area contributed by atoms with Crippen molar-refractivity contribution in [2.75, 3.05) is 0 Å². The molecular weight excluding hydrogens is 348 g/mol. The van der Waals surface area contributed by atoms with E-state index in [1.807, 2.05) is 66.7 Å². The number of ether oxygens (including phenoxy) is 1. The van der Waals surface area contributed by atoms with Crippen LogP contribution in [0.4, 0.5) is 0 Å². The molecule has 0 unspecified atom stereocenters. The Hall–Kier alpha value is -3.79. The van der Waals surface area contributed by atoms with Gasteiger partial charge >= 0.3 is 0 Å². The molecule has 1 aromatic heterocycles. The van der Waals surface area contributed by atoms with Gasteiger partial charge in [0.1, 0.15) is 18.1 Å². The first-order chi connectivity index (χ1) is 13.7. The average Bonchev–Trinajstić information content (AvgIpc) is 3.23. The molecule has 0 fully saturated rings. The van der Waals surface area contributed by atoms with Crippen LogP contribution in [0, 0.1) is 0 Å². The molecule has 0 aliphatic rings. The minimum Gasteiger partial charge on any atom is -0.507 e. The van der Waals surface area contributed by atoms with Crippen LogP contribution in [0.5, 0.6) is 11.5 Å². The van der Waals surface area contributed by atoms with Crippen LogP contribution in [-0.4, -0.2) is 15.3 Å². The molecule has 3 aromatic carbocycles. The summed E-state index contributed by atoms with van der Waals surface area (Å²) in [7, 11) is 0. The van der Waals surface area contributed by atoms with Crippen molar-refractivity contribution in [1.82, 2.24) is 10.2 Å². The number of hydrogen-bond donors (Lipinski definition) is 2. The Kier molecular flexibility index (Phi) is 4.93. The first-order valence-corrected chi connectivity index (χ1v) is 9.01. The highest BCUT2D eigenvalue weighted by Gasteiger charge is 2.14. The second kappa shape index (κ2) is 7.84.